The molecule has 0 atom stereocenters. The molecular weight excluding hydrogens is 280 g/mol. The van der Waals surface area contributed by atoms with Gasteiger partial charge in [-0.1, -0.05) is 18.2 Å². The summed E-state index contributed by atoms with van der Waals surface area (Å²) >= 11 is 0. The molecule has 4 nitrogen and oxygen atoms in total. The number of methoxy groups -OCH3 is 1. The van der Waals surface area contributed by atoms with Gasteiger partial charge in [-0.25, -0.2) is 0 Å². The molecule has 0 saturated carbocycles. The van der Waals surface area contributed by atoms with E-state index in [9.17, 15) is 4.79 Å². The van der Waals surface area contributed by atoms with E-state index in [4.69, 9.17) is 14.2 Å². The van der Waals surface area contributed by atoms with Crippen LogP contribution < -0.4 is 4.74 Å². The van der Waals surface area contributed by atoms with Crippen molar-refractivity contribution in [3.8, 4) is 5.75 Å². The van der Waals surface area contributed by atoms with Crippen LogP contribution in [0.2, 0.25) is 0 Å². The molecular formula is C18H16O4. The molecule has 0 saturated heterocycles. The Morgan fingerprint density at radius 2 is 2.00 bits per heavy atom. The molecule has 0 N–H and O–H groups in total. The van der Waals surface area contributed by atoms with Gasteiger partial charge < -0.3 is 14.2 Å². The molecule has 4 heteroatoms. The lowest BCUT2D eigenvalue weighted by atomic mass is 10.0. The molecule has 22 heavy (non-hydrogen) atoms. The average molecular weight is 296 g/mol. The molecule has 112 valence electrons. The molecule has 1 aliphatic heterocycles. The van der Waals surface area contributed by atoms with Gasteiger partial charge in [-0.15, -0.1) is 0 Å². The van der Waals surface area contributed by atoms with Gasteiger partial charge in [0.1, 0.15) is 18.3 Å². The van der Waals surface area contributed by atoms with Crippen LogP contribution in [0.15, 0.2) is 72.1 Å². The highest BCUT2D eigenvalue weighted by Gasteiger charge is 2.21. The zero-order valence-corrected chi connectivity index (χ0v) is 12.2. The molecule has 1 aromatic rings. The Bertz CT molecular complexity index is 690. The van der Waals surface area contributed by atoms with Crippen LogP contribution in [0.25, 0.3) is 0 Å². The van der Waals surface area contributed by atoms with E-state index in [2.05, 4.69) is 6.08 Å². The highest BCUT2D eigenvalue weighted by molar-refractivity contribution is 6.07. The number of ether oxygens (including phenoxy) is 3. The molecule has 0 bridgehead atoms. The first-order valence-corrected chi connectivity index (χ1v) is 7.06. The van der Waals surface area contributed by atoms with E-state index in [1.807, 2.05) is 12.2 Å². The van der Waals surface area contributed by atoms with Crippen molar-refractivity contribution in [3.05, 3.63) is 77.7 Å². The van der Waals surface area contributed by atoms with E-state index in [-0.39, 0.29) is 11.5 Å². The first-order chi connectivity index (χ1) is 10.8. The van der Waals surface area contributed by atoms with Crippen molar-refractivity contribution in [1.82, 2.24) is 0 Å². The van der Waals surface area contributed by atoms with Crippen molar-refractivity contribution >= 4 is 5.78 Å². The van der Waals surface area contributed by atoms with E-state index in [1.165, 1.54) is 12.5 Å². The smallest absolute Gasteiger partial charge is 0.231 e. The highest BCUT2D eigenvalue weighted by Crippen LogP contribution is 2.27. The Morgan fingerprint density at radius 1 is 1.18 bits per heavy atom. The van der Waals surface area contributed by atoms with Crippen molar-refractivity contribution in [3.63, 3.8) is 0 Å². The van der Waals surface area contributed by atoms with Gasteiger partial charge in [0.25, 0.3) is 0 Å². The minimum atomic E-state index is -0.222. The molecule has 1 aliphatic carbocycles. The van der Waals surface area contributed by atoms with Crippen LogP contribution in [0.4, 0.5) is 0 Å². The summed E-state index contributed by atoms with van der Waals surface area (Å²) < 4.78 is 16.1. The molecule has 0 spiro atoms. The molecule has 0 unspecified atom stereocenters. The molecule has 0 fully saturated rings. The first kappa shape index (κ1) is 14.2. The minimum Gasteiger partial charge on any atom is -0.497 e. The minimum absolute atomic E-state index is 0.179. The van der Waals surface area contributed by atoms with Gasteiger partial charge in [0.15, 0.2) is 5.76 Å². The van der Waals surface area contributed by atoms with Crippen LogP contribution in [0, 0.1) is 0 Å². The van der Waals surface area contributed by atoms with E-state index >= 15 is 0 Å². The van der Waals surface area contributed by atoms with Gasteiger partial charge in [-0.3, -0.25) is 4.79 Å². The number of carbonyl (C=O) groups is 1. The summed E-state index contributed by atoms with van der Waals surface area (Å²) in [6, 6.07) is 6.88. The number of hydrogen-bond acceptors (Lipinski definition) is 4. The third-order valence-electron chi connectivity index (χ3n) is 3.48. The van der Waals surface area contributed by atoms with Crippen molar-refractivity contribution in [2.75, 3.05) is 7.11 Å². The highest BCUT2D eigenvalue weighted by atomic mass is 16.5. The van der Waals surface area contributed by atoms with Crippen LogP contribution in [0.3, 0.4) is 0 Å². The summed E-state index contributed by atoms with van der Waals surface area (Å²) in [5, 5.41) is 0. The second-order valence-electron chi connectivity index (χ2n) is 4.92. The van der Waals surface area contributed by atoms with Gasteiger partial charge in [-0.2, -0.15) is 0 Å². The quantitative estimate of drug-likeness (QED) is 0.791. The maximum Gasteiger partial charge on any atom is 0.231 e. The van der Waals surface area contributed by atoms with E-state index in [0.717, 1.165) is 18.4 Å². The maximum atomic E-state index is 12.5. The molecule has 1 aromatic carbocycles. The van der Waals surface area contributed by atoms with Crippen LogP contribution in [0.1, 0.15) is 23.2 Å². The third-order valence-corrected chi connectivity index (χ3v) is 3.48. The first-order valence-electron chi connectivity index (χ1n) is 7.06. The Morgan fingerprint density at radius 3 is 2.68 bits per heavy atom. The van der Waals surface area contributed by atoms with Gasteiger partial charge in [0.05, 0.1) is 7.11 Å². The van der Waals surface area contributed by atoms with Crippen LogP contribution in [-0.4, -0.2) is 12.9 Å². The van der Waals surface area contributed by atoms with E-state index < -0.39 is 0 Å². The number of hydrogen-bond donors (Lipinski definition) is 0. The Balaban J connectivity index is 1.74. The predicted octanol–water partition coefficient (Wildman–Crippen LogP) is 3.88. The number of carbonyl (C=O) groups excluding carboxylic acids is 1. The Labute approximate surface area is 129 Å². The van der Waals surface area contributed by atoms with Gasteiger partial charge in [0.2, 0.25) is 11.5 Å². The lowest BCUT2D eigenvalue weighted by molar-refractivity contribution is 0.0933. The van der Waals surface area contributed by atoms with Gasteiger partial charge in [0, 0.05) is 5.56 Å². The van der Waals surface area contributed by atoms with Crippen LogP contribution in [-0.2, 0) is 9.47 Å². The van der Waals surface area contributed by atoms with E-state index in [0.29, 0.717) is 17.1 Å². The van der Waals surface area contributed by atoms with Crippen molar-refractivity contribution < 1.29 is 19.0 Å². The van der Waals surface area contributed by atoms with Crippen LogP contribution in [0.5, 0.6) is 5.75 Å². The summed E-state index contributed by atoms with van der Waals surface area (Å²) in [4.78, 5) is 12.5. The summed E-state index contributed by atoms with van der Waals surface area (Å²) in [5.74, 6) is 1.24. The third kappa shape index (κ3) is 2.96. The van der Waals surface area contributed by atoms with Gasteiger partial charge >= 0.3 is 0 Å². The van der Waals surface area contributed by atoms with Crippen molar-refractivity contribution in [2.24, 2.45) is 0 Å². The number of ketones is 1. The fourth-order valence-corrected chi connectivity index (χ4v) is 2.26. The largest absolute Gasteiger partial charge is 0.497 e. The SMILES string of the molecule is COc1ccc(C(=O)C2=COC=C(C3=CC=CCC3)O2)cc1. The molecule has 3 rings (SSSR count). The topological polar surface area (TPSA) is 44.8 Å². The van der Waals surface area contributed by atoms with Gasteiger partial charge in [-0.05, 0) is 42.7 Å². The Kier molecular flexibility index (Phi) is 4.10. The van der Waals surface area contributed by atoms with Crippen molar-refractivity contribution in [1.29, 1.82) is 0 Å². The summed E-state index contributed by atoms with van der Waals surface area (Å²) in [7, 11) is 1.58. The maximum absolute atomic E-state index is 12.5. The number of allylic oxidation sites excluding steroid dienone is 5. The van der Waals surface area contributed by atoms with Crippen LogP contribution >= 0.6 is 0 Å². The second-order valence-corrected chi connectivity index (χ2v) is 4.92. The average Bonchev–Trinajstić information content (AvgIpc) is 2.62. The molecule has 1 heterocycles. The molecule has 0 radical (unpaired) electrons. The fraction of sp³-hybridized carbons (Fsp3) is 0.167. The summed E-state index contributed by atoms with van der Waals surface area (Å²) in [5.41, 5.74) is 1.55. The monoisotopic (exact) mass is 296 g/mol. The zero-order chi connectivity index (χ0) is 15.4. The molecule has 0 amide bonds. The molecule has 0 aromatic heterocycles. The fourth-order valence-electron chi connectivity index (χ4n) is 2.26. The second kappa shape index (κ2) is 6.35. The van der Waals surface area contributed by atoms with Crippen molar-refractivity contribution in [2.45, 2.75) is 12.8 Å². The standard InChI is InChI=1S/C18H16O4/c1-20-15-9-7-14(8-10-15)18(19)17-12-21-11-16(22-17)13-5-3-2-4-6-13/h2-3,5,7-12H,4,6H2,1H3. The van der Waals surface area contributed by atoms with E-state index in [1.54, 1.807) is 31.4 Å². The summed E-state index contributed by atoms with van der Waals surface area (Å²) in [6.07, 6.45) is 10.7. The lowest BCUT2D eigenvalue weighted by Crippen LogP contribution is -2.12. The zero-order valence-electron chi connectivity index (χ0n) is 12.2. The predicted molar refractivity (Wildman–Crippen MR) is 82.1 cm³/mol. The molecule has 2 aliphatic rings. The number of Topliss-reactive ketones (excluding diaryl/α,β-unsaturated/α-hetero) is 1. The summed E-state index contributed by atoms with van der Waals surface area (Å²) in [6.45, 7) is 0. The Hall–Kier alpha value is -2.75. The lowest BCUT2D eigenvalue weighted by Gasteiger charge is -2.18. The number of benzene rings is 1. The normalized spacial score (nSPS) is 16.7. The number of rotatable bonds is 4.